The number of nitrogens with one attached hydrogen (secondary N) is 1. The Morgan fingerprint density at radius 3 is 2.76 bits per heavy atom. The molecule has 8 nitrogen and oxygen atoms in total. The molecule has 0 unspecified atom stereocenters. The lowest BCUT2D eigenvalue weighted by Gasteiger charge is -2.32. The molecule has 2 aromatic rings. The van der Waals surface area contributed by atoms with E-state index in [1.165, 1.54) is 0 Å². The normalized spacial score (nSPS) is 20.9. The van der Waals surface area contributed by atoms with Crippen molar-refractivity contribution in [3.63, 3.8) is 0 Å². The molecule has 0 radical (unpaired) electrons. The summed E-state index contributed by atoms with van der Waals surface area (Å²) in [4.78, 5) is 19.2. The van der Waals surface area contributed by atoms with Gasteiger partial charge in [0.1, 0.15) is 17.3 Å². The van der Waals surface area contributed by atoms with Gasteiger partial charge < -0.3 is 30.4 Å². The van der Waals surface area contributed by atoms with Crippen molar-refractivity contribution in [2.75, 3.05) is 36.5 Å². The maximum absolute atomic E-state index is 11.9. The standard InChI is InChI=1S/C21H29N5O3/c22-20(28)18(14-2-3-14)23-15-10-16-19-17(11-15)29-9-1-6-26(19)21(24-16)25-7-4-13(12-27)5-8-25/h10-11,13-14,18,23,27H,1-9,12H2,(H2,22,28)/t18-/m0/s1. The summed E-state index contributed by atoms with van der Waals surface area (Å²) in [7, 11) is 0. The molecule has 29 heavy (non-hydrogen) atoms. The maximum atomic E-state index is 11.9. The van der Waals surface area contributed by atoms with E-state index < -0.39 is 0 Å². The number of rotatable bonds is 6. The number of primary amides is 1. The second-order valence-electron chi connectivity index (χ2n) is 8.58. The van der Waals surface area contributed by atoms with Gasteiger partial charge in [0.15, 0.2) is 0 Å². The first-order valence-electron chi connectivity index (χ1n) is 10.7. The number of amides is 1. The number of anilines is 2. The molecule has 1 aromatic heterocycles. The number of hydrogen-bond acceptors (Lipinski definition) is 6. The molecule has 2 aliphatic heterocycles. The van der Waals surface area contributed by atoms with Crippen LogP contribution in [0.3, 0.4) is 0 Å². The first-order valence-corrected chi connectivity index (χ1v) is 10.7. The number of carbonyl (C=O) groups is 1. The van der Waals surface area contributed by atoms with Crippen LogP contribution in [0.4, 0.5) is 11.6 Å². The number of hydrogen-bond donors (Lipinski definition) is 3. The Bertz CT molecular complexity index is 915. The first-order chi connectivity index (χ1) is 14.1. The van der Waals surface area contributed by atoms with Crippen LogP contribution in [-0.2, 0) is 11.3 Å². The highest BCUT2D eigenvalue weighted by Gasteiger charge is 2.35. The van der Waals surface area contributed by atoms with E-state index in [9.17, 15) is 9.90 Å². The fourth-order valence-electron chi connectivity index (χ4n) is 4.62. The zero-order valence-corrected chi connectivity index (χ0v) is 16.6. The summed E-state index contributed by atoms with van der Waals surface area (Å²) >= 11 is 0. The van der Waals surface area contributed by atoms with Crippen molar-refractivity contribution in [1.29, 1.82) is 0 Å². The predicted octanol–water partition coefficient (Wildman–Crippen LogP) is 1.70. The Kier molecular flexibility index (Phi) is 4.73. The number of carbonyl (C=O) groups excluding carboxylic acids is 1. The molecular weight excluding hydrogens is 370 g/mol. The lowest BCUT2D eigenvalue weighted by atomic mass is 9.98. The lowest BCUT2D eigenvalue weighted by Crippen LogP contribution is -2.37. The van der Waals surface area contributed by atoms with Gasteiger partial charge in [-0.1, -0.05) is 0 Å². The van der Waals surface area contributed by atoms with Gasteiger partial charge >= 0.3 is 0 Å². The largest absolute Gasteiger partial charge is 0.491 e. The maximum Gasteiger partial charge on any atom is 0.240 e. The minimum Gasteiger partial charge on any atom is -0.491 e. The van der Waals surface area contributed by atoms with E-state index in [0.717, 1.165) is 80.2 Å². The van der Waals surface area contributed by atoms with E-state index in [1.807, 2.05) is 12.1 Å². The minimum absolute atomic E-state index is 0.263. The van der Waals surface area contributed by atoms with Crippen molar-refractivity contribution in [2.24, 2.45) is 17.6 Å². The van der Waals surface area contributed by atoms with Gasteiger partial charge in [-0.05, 0) is 50.0 Å². The van der Waals surface area contributed by atoms with Gasteiger partial charge in [-0.25, -0.2) is 4.98 Å². The Morgan fingerprint density at radius 2 is 2.07 bits per heavy atom. The molecule has 1 amide bonds. The molecule has 1 aromatic carbocycles. The highest BCUT2D eigenvalue weighted by Crippen LogP contribution is 2.38. The van der Waals surface area contributed by atoms with Gasteiger partial charge in [0.2, 0.25) is 11.9 Å². The number of nitrogens with zero attached hydrogens (tertiary/aromatic N) is 3. The van der Waals surface area contributed by atoms with Gasteiger partial charge in [-0.2, -0.15) is 0 Å². The van der Waals surface area contributed by atoms with Crippen molar-refractivity contribution in [3.05, 3.63) is 12.1 Å². The zero-order valence-electron chi connectivity index (χ0n) is 16.6. The van der Waals surface area contributed by atoms with Gasteiger partial charge in [0.25, 0.3) is 0 Å². The number of aliphatic hydroxyl groups is 1. The van der Waals surface area contributed by atoms with Crippen LogP contribution in [0.1, 0.15) is 32.1 Å². The molecule has 0 spiro atoms. The predicted molar refractivity (Wildman–Crippen MR) is 111 cm³/mol. The van der Waals surface area contributed by atoms with Crippen molar-refractivity contribution >= 4 is 28.6 Å². The van der Waals surface area contributed by atoms with E-state index in [1.54, 1.807) is 0 Å². The molecule has 8 heteroatoms. The van der Waals surface area contributed by atoms with E-state index in [-0.39, 0.29) is 18.6 Å². The summed E-state index contributed by atoms with van der Waals surface area (Å²) in [6.07, 6.45) is 4.97. The Balaban J connectivity index is 1.50. The molecular formula is C21H29N5O3. The van der Waals surface area contributed by atoms with Crippen molar-refractivity contribution in [1.82, 2.24) is 9.55 Å². The summed E-state index contributed by atoms with van der Waals surface area (Å²) in [5.74, 6) is 2.20. The number of aromatic nitrogens is 2. The highest BCUT2D eigenvalue weighted by molar-refractivity contribution is 5.90. The van der Waals surface area contributed by atoms with Crippen LogP contribution in [0.25, 0.3) is 11.0 Å². The van der Waals surface area contributed by atoms with Gasteiger partial charge in [-0.15, -0.1) is 0 Å². The molecule has 3 aliphatic rings. The number of ether oxygens (including phenoxy) is 1. The van der Waals surface area contributed by atoms with E-state index in [4.69, 9.17) is 15.5 Å². The second kappa shape index (κ2) is 7.40. The first kappa shape index (κ1) is 18.5. The summed E-state index contributed by atoms with van der Waals surface area (Å²) in [6.45, 7) is 3.60. The van der Waals surface area contributed by atoms with Gasteiger partial charge in [0, 0.05) is 38.0 Å². The summed E-state index contributed by atoms with van der Waals surface area (Å²) in [6, 6.07) is 3.64. The van der Waals surface area contributed by atoms with E-state index in [2.05, 4.69) is 14.8 Å². The Hall–Kier alpha value is -2.48. The third kappa shape index (κ3) is 3.50. The van der Waals surface area contributed by atoms with Crippen LogP contribution in [0.5, 0.6) is 5.75 Å². The zero-order chi connectivity index (χ0) is 20.0. The number of nitrogens with two attached hydrogens (primary N) is 1. The van der Waals surface area contributed by atoms with E-state index in [0.29, 0.717) is 18.4 Å². The molecule has 3 heterocycles. The number of piperidine rings is 1. The van der Waals surface area contributed by atoms with E-state index >= 15 is 0 Å². The fourth-order valence-corrected chi connectivity index (χ4v) is 4.62. The third-order valence-corrected chi connectivity index (χ3v) is 6.45. The summed E-state index contributed by atoms with van der Waals surface area (Å²) in [5, 5.41) is 12.8. The van der Waals surface area contributed by atoms with Crippen LogP contribution < -0.4 is 20.7 Å². The van der Waals surface area contributed by atoms with Crippen LogP contribution >= 0.6 is 0 Å². The van der Waals surface area contributed by atoms with Gasteiger partial charge in [0.05, 0.1) is 12.1 Å². The molecule has 4 N–H and O–H groups in total. The molecule has 1 saturated carbocycles. The summed E-state index contributed by atoms with van der Waals surface area (Å²) in [5.41, 5.74) is 8.35. The summed E-state index contributed by atoms with van der Waals surface area (Å²) < 4.78 is 8.32. The molecule has 1 saturated heterocycles. The number of aryl methyl sites for hydroxylation is 1. The fraction of sp³-hybridized carbons (Fsp3) is 0.619. The molecule has 2 fully saturated rings. The lowest BCUT2D eigenvalue weighted by molar-refractivity contribution is -0.119. The van der Waals surface area contributed by atoms with Crippen LogP contribution in [0, 0.1) is 11.8 Å². The quantitative estimate of drug-likeness (QED) is 0.683. The van der Waals surface area contributed by atoms with Crippen LogP contribution in [-0.4, -0.2) is 52.9 Å². The monoisotopic (exact) mass is 399 g/mol. The molecule has 156 valence electrons. The minimum atomic E-state index is -0.343. The average Bonchev–Trinajstić information content (AvgIpc) is 3.52. The SMILES string of the molecule is NC(=O)[C@@H](Nc1cc2c3c(c1)nc(N1CCC(CO)CC1)n3CCCO2)C1CC1. The van der Waals surface area contributed by atoms with Crippen molar-refractivity contribution in [2.45, 2.75) is 44.7 Å². The van der Waals surface area contributed by atoms with Crippen LogP contribution in [0.15, 0.2) is 12.1 Å². The molecule has 0 bridgehead atoms. The molecule has 1 aliphatic carbocycles. The molecule has 5 rings (SSSR count). The van der Waals surface area contributed by atoms with Gasteiger partial charge in [-0.3, -0.25) is 4.79 Å². The highest BCUT2D eigenvalue weighted by atomic mass is 16.5. The Morgan fingerprint density at radius 1 is 1.28 bits per heavy atom. The Labute approximate surface area is 170 Å². The topological polar surface area (TPSA) is 106 Å². The number of aliphatic hydroxyl groups excluding tert-OH is 1. The average molecular weight is 399 g/mol. The third-order valence-electron chi connectivity index (χ3n) is 6.45. The number of imidazole rings is 1. The number of benzene rings is 1. The van der Waals surface area contributed by atoms with Crippen molar-refractivity contribution in [3.8, 4) is 5.75 Å². The van der Waals surface area contributed by atoms with Crippen LogP contribution in [0.2, 0.25) is 0 Å². The van der Waals surface area contributed by atoms with Crippen molar-refractivity contribution < 1.29 is 14.6 Å². The smallest absolute Gasteiger partial charge is 0.240 e. The molecule has 1 atom stereocenters. The second-order valence-corrected chi connectivity index (χ2v) is 8.58.